The smallest absolute Gasteiger partial charge is 0.296 e. The Hall–Kier alpha value is -1.92. The molecule has 108 valence electrons. The number of alkyl halides is 3. The molecule has 0 spiro atoms. The van der Waals surface area contributed by atoms with Crippen LogP contribution in [-0.2, 0) is 22.2 Å². The molecule has 1 aliphatic carbocycles. The molecule has 0 bridgehead atoms. The monoisotopic (exact) mass is 289 g/mol. The van der Waals surface area contributed by atoms with Gasteiger partial charge in [0.25, 0.3) is 0 Å². The van der Waals surface area contributed by atoms with E-state index in [1.165, 1.54) is 0 Å². The van der Waals surface area contributed by atoms with E-state index < -0.39 is 35.8 Å². The Morgan fingerprint density at radius 3 is 2.40 bits per heavy atom. The quantitative estimate of drug-likeness (QED) is 0.869. The van der Waals surface area contributed by atoms with Crippen LogP contribution in [0.3, 0.4) is 0 Å². The minimum Gasteiger partial charge on any atom is -0.296 e. The number of nitrogens with one attached hydrogen (secondary N) is 1. The predicted octanol–water partition coefficient (Wildman–Crippen LogP) is 2.44. The van der Waals surface area contributed by atoms with Crippen molar-refractivity contribution in [3.63, 3.8) is 0 Å². The summed E-state index contributed by atoms with van der Waals surface area (Å²) in [6.45, 7) is 0. The fraction of sp³-hybridized carbons (Fsp3) is 0.385. The van der Waals surface area contributed by atoms with Crippen molar-refractivity contribution in [2.75, 3.05) is 0 Å². The Bertz CT molecular complexity index is 550. The molecular formula is C13H11F4NO2. The van der Waals surface area contributed by atoms with Crippen LogP contribution in [0.5, 0.6) is 0 Å². The number of benzene rings is 1. The molecule has 0 unspecified atom stereocenters. The van der Waals surface area contributed by atoms with E-state index in [-0.39, 0.29) is 11.5 Å². The van der Waals surface area contributed by atoms with Crippen molar-refractivity contribution in [3.8, 4) is 0 Å². The highest BCUT2D eigenvalue weighted by Crippen LogP contribution is 2.31. The standard InChI is InChI=1S/C13H11F4NO2/c14-10-4-7(3-9(6-10)13(15,16)17)5-11(19)18-12(20)8-1-2-8/h3-4,6,8H,1-2,5H2,(H,18,19,20). The summed E-state index contributed by atoms with van der Waals surface area (Å²) in [7, 11) is 0. The topological polar surface area (TPSA) is 46.2 Å². The molecule has 0 atom stereocenters. The molecule has 1 aromatic rings. The van der Waals surface area contributed by atoms with E-state index in [1.54, 1.807) is 0 Å². The summed E-state index contributed by atoms with van der Waals surface area (Å²) in [5.74, 6) is -2.42. The third-order valence-corrected chi connectivity index (χ3v) is 2.86. The second-order valence-electron chi connectivity index (χ2n) is 4.71. The van der Waals surface area contributed by atoms with Gasteiger partial charge in [-0.05, 0) is 36.6 Å². The van der Waals surface area contributed by atoms with E-state index in [0.717, 1.165) is 6.07 Å². The van der Waals surface area contributed by atoms with Crippen LogP contribution in [0.15, 0.2) is 18.2 Å². The lowest BCUT2D eigenvalue weighted by Gasteiger charge is -2.09. The van der Waals surface area contributed by atoms with Crippen LogP contribution < -0.4 is 5.32 Å². The first-order valence-electron chi connectivity index (χ1n) is 5.96. The molecule has 1 aliphatic rings. The van der Waals surface area contributed by atoms with Gasteiger partial charge >= 0.3 is 6.18 Å². The highest BCUT2D eigenvalue weighted by Gasteiger charge is 2.32. The van der Waals surface area contributed by atoms with E-state index in [9.17, 15) is 27.2 Å². The molecule has 0 saturated heterocycles. The zero-order valence-corrected chi connectivity index (χ0v) is 10.3. The Balaban J connectivity index is 2.06. The molecule has 2 rings (SSSR count). The lowest BCUT2D eigenvalue weighted by molar-refractivity contribution is -0.138. The van der Waals surface area contributed by atoms with Crippen LogP contribution in [0.2, 0.25) is 0 Å². The summed E-state index contributed by atoms with van der Waals surface area (Å²) in [5.41, 5.74) is -1.28. The molecule has 0 aliphatic heterocycles. The van der Waals surface area contributed by atoms with Crippen LogP contribution >= 0.6 is 0 Å². The van der Waals surface area contributed by atoms with Gasteiger partial charge in [0, 0.05) is 5.92 Å². The van der Waals surface area contributed by atoms with E-state index in [0.29, 0.717) is 25.0 Å². The van der Waals surface area contributed by atoms with Crippen molar-refractivity contribution >= 4 is 11.8 Å². The maximum absolute atomic E-state index is 13.1. The first-order chi connectivity index (χ1) is 9.25. The lowest BCUT2D eigenvalue weighted by Crippen LogP contribution is -2.32. The molecule has 7 heteroatoms. The van der Waals surface area contributed by atoms with Crippen LogP contribution in [-0.4, -0.2) is 11.8 Å². The number of halogens is 4. The molecule has 1 aromatic carbocycles. The maximum atomic E-state index is 13.1. The molecule has 1 N–H and O–H groups in total. The van der Waals surface area contributed by atoms with E-state index >= 15 is 0 Å². The van der Waals surface area contributed by atoms with Crippen LogP contribution in [0.4, 0.5) is 17.6 Å². The molecule has 1 fully saturated rings. The maximum Gasteiger partial charge on any atom is 0.416 e. The first kappa shape index (κ1) is 14.5. The van der Waals surface area contributed by atoms with Gasteiger partial charge < -0.3 is 0 Å². The number of rotatable bonds is 3. The Labute approximate surface area is 112 Å². The Morgan fingerprint density at radius 1 is 1.20 bits per heavy atom. The summed E-state index contributed by atoms with van der Waals surface area (Å²) in [6.07, 6.45) is -3.74. The van der Waals surface area contributed by atoms with Crippen LogP contribution in [0.1, 0.15) is 24.0 Å². The van der Waals surface area contributed by atoms with Crippen molar-refractivity contribution in [2.24, 2.45) is 5.92 Å². The number of carbonyl (C=O) groups excluding carboxylic acids is 2. The largest absolute Gasteiger partial charge is 0.416 e. The highest BCUT2D eigenvalue weighted by atomic mass is 19.4. The van der Waals surface area contributed by atoms with Gasteiger partial charge in [0.2, 0.25) is 11.8 Å². The van der Waals surface area contributed by atoms with Crippen LogP contribution in [0, 0.1) is 11.7 Å². The summed E-state index contributed by atoms with van der Waals surface area (Å²) in [4.78, 5) is 22.8. The average molecular weight is 289 g/mol. The number of hydrogen-bond acceptors (Lipinski definition) is 2. The Kier molecular flexibility index (Phi) is 3.78. The van der Waals surface area contributed by atoms with Gasteiger partial charge in [0.15, 0.2) is 0 Å². The summed E-state index contributed by atoms with van der Waals surface area (Å²) < 4.78 is 50.6. The molecule has 0 heterocycles. The van der Waals surface area contributed by atoms with Gasteiger partial charge in [0.05, 0.1) is 12.0 Å². The molecule has 20 heavy (non-hydrogen) atoms. The van der Waals surface area contributed by atoms with E-state index in [4.69, 9.17) is 0 Å². The second kappa shape index (κ2) is 5.22. The van der Waals surface area contributed by atoms with Crippen molar-refractivity contribution in [1.29, 1.82) is 0 Å². The second-order valence-corrected chi connectivity index (χ2v) is 4.71. The van der Waals surface area contributed by atoms with Crippen molar-refractivity contribution in [3.05, 3.63) is 35.1 Å². The third kappa shape index (κ3) is 3.79. The fourth-order valence-corrected chi connectivity index (χ4v) is 1.73. The van der Waals surface area contributed by atoms with Gasteiger partial charge in [-0.15, -0.1) is 0 Å². The summed E-state index contributed by atoms with van der Waals surface area (Å²) in [6, 6.07) is 1.90. The predicted molar refractivity (Wildman–Crippen MR) is 61.0 cm³/mol. The zero-order valence-electron chi connectivity index (χ0n) is 10.3. The molecule has 0 radical (unpaired) electrons. The van der Waals surface area contributed by atoms with Gasteiger partial charge in [-0.1, -0.05) is 0 Å². The molecular weight excluding hydrogens is 278 g/mol. The molecule has 3 nitrogen and oxygen atoms in total. The minimum atomic E-state index is -4.68. The molecule has 2 amide bonds. The van der Waals surface area contributed by atoms with Gasteiger partial charge in [-0.25, -0.2) is 4.39 Å². The number of imide groups is 1. The summed E-state index contributed by atoms with van der Waals surface area (Å²) >= 11 is 0. The SMILES string of the molecule is O=C(Cc1cc(F)cc(C(F)(F)F)c1)NC(=O)C1CC1. The van der Waals surface area contributed by atoms with E-state index in [1.807, 2.05) is 0 Å². The van der Waals surface area contributed by atoms with Crippen molar-refractivity contribution in [2.45, 2.75) is 25.4 Å². The van der Waals surface area contributed by atoms with Crippen molar-refractivity contribution < 1.29 is 27.2 Å². The lowest BCUT2D eigenvalue weighted by atomic mass is 10.1. The fourth-order valence-electron chi connectivity index (χ4n) is 1.73. The molecule has 1 saturated carbocycles. The molecule has 0 aromatic heterocycles. The normalized spacial score (nSPS) is 15.0. The number of hydrogen-bond donors (Lipinski definition) is 1. The van der Waals surface area contributed by atoms with Crippen molar-refractivity contribution in [1.82, 2.24) is 5.32 Å². The third-order valence-electron chi connectivity index (χ3n) is 2.86. The first-order valence-corrected chi connectivity index (χ1v) is 5.96. The number of carbonyl (C=O) groups is 2. The Morgan fingerprint density at radius 2 is 1.85 bits per heavy atom. The number of amides is 2. The van der Waals surface area contributed by atoms with Crippen LogP contribution in [0.25, 0.3) is 0 Å². The highest BCUT2D eigenvalue weighted by molar-refractivity contribution is 5.97. The zero-order chi connectivity index (χ0) is 14.9. The van der Waals surface area contributed by atoms with Gasteiger partial charge in [-0.3, -0.25) is 14.9 Å². The van der Waals surface area contributed by atoms with E-state index in [2.05, 4.69) is 5.32 Å². The minimum absolute atomic E-state index is 0.126. The average Bonchev–Trinajstić information content (AvgIpc) is 3.09. The summed E-state index contributed by atoms with van der Waals surface area (Å²) in [5, 5.41) is 2.09. The van der Waals surface area contributed by atoms with Gasteiger partial charge in [0.1, 0.15) is 5.82 Å². The van der Waals surface area contributed by atoms with Gasteiger partial charge in [-0.2, -0.15) is 13.2 Å².